The molecule has 3 saturated heterocycles. The Labute approximate surface area is 247 Å². The number of amides is 1. The largest absolute Gasteiger partial charge is 0.378 e. The molecule has 0 spiro atoms. The highest BCUT2D eigenvalue weighted by atomic mass is 32.2. The zero-order valence-electron chi connectivity index (χ0n) is 24.1. The van der Waals surface area contributed by atoms with Crippen LogP contribution in [0, 0.1) is 17.6 Å². The van der Waals surface area contributed by atoms with Gasteiger partial charge in [0.05, 0.1) is 17.9 Å². The molecule has 3 heterocycles. The van der Waals surface area contributed by atoms with Gasteiger partial charge in [0, 0.05) is 48.9 Å². The average Bonchev–Trinajstić information content (AvgIpc) is 3.09. The second-order valence-electron chi connectivity index (χ2n) is 11.9. The van der Waals surface area contributed by atoms with Gasteiger partial charge in [-0.25, -0.2) is 17.2 Å². The van der Waals surface area contributed by atoms with E-state index in [0.29, 0.717) is 43.8 Å². The quantitative estimate of drug-likeness (QED) is 0.400. The summed E-state index contributed by atoms with van der Waals surface area (Å²) >= 11 is 0. The molecule has 3 fully saturated rings. The summed E-state index contributed by atoms with van der Waals surface area (Å²) in [6.07, 6.45) is 4.47. The van der Waals surface area contributed by atoms with E-state index in [0.717, 1.165) is 31.2 Å². The first kappa shape index (κ1) is 31.0. The zero-order valence-corrected chi connectivity index (χ0v) is 24.9. The van der Waals surface area contributed by atoms with Crippen molar-refractivity contribution in [2.45, 2.75) is 82.0 Å². The lowest BCUT2D eigenvalue weighted by Crippen LogP contribution is -2.57. The summed E-state index contributed by atoms with van der Waals surface area (Å²) in [4.78, 5) is 13.7. The van der Waals surface area contributed by atoms with Crippen LogP contribution in [0.2, 0.25) is 0 Å². The molecule has 42 heavy (non-hydrogen) atoms. The van der Waals surface area contributed by atoms with E-state index in [1.54, 1.807) is 22.5 Å². The van der Waals surface area contributed by atoms with E-state index >= 15 is 4.39 Å². The zero-order chi connectivity index (χ0) is 29.9. The molecule has 11 heteroatoms. The molecular weight excluding hydrogens is 562 g/mol. The molecule has 7 atom stereocenters. The number of piperazine rings is 1. The SMILES string of the molecule is CCC1CC(C(c2ccc(F)cc2)C(N)C(=O)Nc2cccc(F)c2CCC2CNC3CCCS(=O)(=O)N2C3)CCO1. The van der Waals surface area contributed by atoms with Crippen LogP contribution in [0.4, 0.5) is 14.5 Å². The Hall–Kier alpha value is -2.44. The number of ether oxygens (including phenoxy) is 1. The molecule has 0 saturated carbocycles. The third-order valence-corrected chi connectivity index (χ3v) is 11.1. The minimum absolute atomic E-state index is 0.0556. The number of benzene rings is 2. The van der Waals surface area contributed by atoms with Gasteiger partial charge in [-0.3, -0.25) is 4.79 Å². The predicted octanol–water partition coefficient (Wildman–Crippen LogP) is 3.92. The van der Waals surface area contributed by atoms with Crippen molar-refractivity contribution >= 4 is 21.6 Å². The molecule has 0 aromatic heterocycles. The summed E-state index contributed by atoms with van der Waals surface area (Å²) in [5.74, 6) is -1.48. The fraction of sp³-hybridized carbons (Fsp3) is 0.581. The van der Waals surface area contributed by atoms with E-state index < -0.39 is 27.8 Å². The molecule has 3 aliphatic heterocycles. The number of carbonyl (C=O) groups is 1. The Morgan fingerprint density at radius 1 is 1.19 bits per heavy atom. The van der Waals surface area contributed by atoms with Crippen molar-refractivity contribution in [3.63, 3.8) is 0 Å². The lowest BCUT2D eigenvalue weighted by atomic mass is 9.75. The number of anilines is 1. The minimum atomic E-state index is -3.37. The Bertz CT molecular complexity index is 1340. The summed E-state index contributed by atoms with van der Waals surface area (Å²) in [6, 6.07) is 9.52. The highest BCUT2D eigenvalue weighted by Crippen LogP contribution is 2.37. The molecule has 1 amide bonds. The smallest absolute Gasteiger partial charge is 0.241 e. The molecular formula is C31H42F2N4O4S. The molecule has 230 valence electrons. The minimum Gasteiger partial charge on any atom is -0.378 e. The van der Waals surface area contributed by atoms with Gasteiger partial charge >= 0.3 is 0 Å². The number of nitrogens with zero attached hydrogens (tertiary/aromatic N) is 1. The lowest BCUT2D eigenvalue weighted by molar-refractivity contribution is -0.118. The van der Waals surface area contributed by atoms with Crippen molar-refractivity contribution < 1.29 is 26.7 Å². The Kier molecular flexibility index (Phi) is 9.94. The third-order valence-electron chi connectivity index (χ3n) is 9.18. The van der Waals surface area contributed by atoms with Gasteiger partial charge in [-0.1, -0.05) is 25.1 Å². The predicted molar refractivity (Wildman–Crippen MR) is 159 cm³/mol. The molecule has 2 bridgehead atoms. The van der Waals surface area contributed by atoms with Gasteiger partial charge in [0.2, 0.25) is 15.9 Å². The van der Waals surface area contributed by atoms with Gasteiger partial charge in [-0.15, -0.1) is 0 Å². The van der Waals surface area contributed by atoms with Gasteiger partial charge in [0.1, 0.15) is 11.6 Å². The van der Waals surface area contributed by atoms with E-state index in [1.807, 2.05) is 0 Å². The highest BCUT2D eigenvalue weighted by Gasteiger charge is 2.39. The lowest BCUT2D eigenvalue weighted by Gasteiger charge is -2.38. The number of halogens is 2. The number of hydrogen-bond acceptors (Lipinski definition) is 6. The van der Waals surface area contributed by atoms with Crippen LogP contribution in [-0.2, 0) is 26.0 Å². The average molecular weight is 605 g/mol. The first-order chi connectivity index (χ1) is 20.2. The Morgan fingerprint density at radius 3 is 2.74 bits per heavy atom. The van der Waals surface area contributed by atoms with Crippen LogP contribution in [0.15, 0.2) is 42.5 Å². The fourth-order valence-corrected chi connectivity index (χ4v) is 8.65. The third kappa shape index (κ3) is 7.02. The van der Waals surface area contributed by atoms with Gasteiger partial charge in [-0.05, 0) is 80.7 Å². The second-order valence-corrected chi connectivity index (χ2v) is 13.9. The molecule has 0 aliphatic carbocycles. The summed E-state index contributed by atoms with van der Waals surface area (Å²) in [5.41, 5.74) is 8.08. The molecule has 8 nitrogen and oxygen atoms in total. The van der Waals surface area contributed by atoms with Crippen LogP contribution in [0.3, 0.4) is 0 Å². The first-order valence-corrected chi connectivity index (χ1v) is 16.7. The van der Waals surface area contributed by atoms with Crippen molar-refractivity contribution in [1.29, 1.82) is 0 Å². The van der Waals surface area contributed by atoms with Gasteiger partial charge < -0.3 is 21.1 Å². The van der Waals surface area contributed by atoms with Crippen molar-refractivity contribution in [2.75, 3.05) is 30.8 Å². The molecule has 0 radical (unpaired) electrons. The normalized spacial score (nSPS) is 28.8. The Balaban J connectivity index is 1.33. The van der Waals surface area contributed by atoms with Crippen LogP contribution >= 0.6 is 0 Å². The molecule has 2 aromatic carbocycles. The Morgan fingerprint density at radius 2 is 1.98 bits per heavy atom. The second kappa shape index (κ2) is 13.5. The van der Waals surface area contributed by atoms with E-state index in [4.69, 9.17) is 10.5 Å². The number of sulfonamides is 1. The number of rotatable bonds is 9. The van der Waals surface area contributed by atoms with E-state index in [9.17, 15) is 17.6 Å². The van der Waals surface area contributed by atoms with Crippen LogP contribution in [0.1, 0.15) is 62.5 Å². The summed E-state index contributed by atoms with van der Waals surface area (Å²) in [5, 5.41) is 6.32. The molecule has 7 unspecified atom stereocenters. The maximum absolute atomic E-state index is 15.2. The van der Waals surface area contributed by atoms with Crippen LogP contribution in [0.25, 0.3) is 0 Å². The monoisotopic (exact) mass is 604 g/mol. The van der Waals surface area contributed by atoms with Crippen molar-refractivity contribution in [1.82, 2.24) is 9.62 Å². The van der Waals surface area contributed by atoms with Gasteiger partial charge in [-0.2, -0.15) is 4.31 Å². The summed E-state index contributed by atoms with van der Waals surface area (Å²) < 4.78 is 62.2. The molecule has 2 aromatic rings. The topological polar surface area (TPSA) is 114 Å². The number of nitrogens with two attached hydrogens (primary N) is 1. The first-order valence-electron chi connectivity index (χ1n) is 15.1. The van der Waals surface area contributed by atoms with Crippen molar-refractivity contribution in [3.05, 3.63) is 65.2 Å². The van der Waals surface area contributed by atoms with E-state index in [2.05, 4.69) is 17.6 Å². The molecule has 4 N–H and O–H groups in total. The van der Waals surface area contributed by atoms with Crippen LogP contribution < -0.4 is 16.4 Å². The van der Waals surface area contributed by atoms with Crippen molar-refractivity contribution in [2.24, 2.45) is 11.7 Å². The summed E-state index contributed by atoms with van der Waals surface area (Å²) in [7, 11) is -3.37. The molecule has 3 aliphatic rings. The van der Waals surface area contributed by atoms with Gasteiger partial charge in [0.15, 0.2) is 0 Å². The fourth-order valence-electron chi connectivity index (χ4n) is 6.84. The maximum atomic E-state index is 15.2. The van der Waals surface area contributed by atoms with E-state index in [-0.39, 0.29) is 48.0 Å². The number of carbonyl (C=O) groups excluding carboxylic acids is 1. The van der Waals surface area contributed by atoms with Crippen LogP contribution in [0.5, 0.6) is 0 Å². The standard InChI is InChI=1S/C31H42F2N4O4S/c1-2-25-17-21(14-15-41-25)29(20-8-10-22(32)11-9-20)30(34)31(38)36-28-7-3-6-27(33)26(28)13-12-24-18-35-23-5-4-16-42(39,40)37(24)19-23/h3,6-11,21,23-25,29-30,35H,2,4-5,12-19,34H2,1H3,(H,36,38). The van der Waals surface area contributed by atoms with Gasteiger partial charge in [0.25, 0.3) is 0 Å². The summed E-state index contributed by atoms with van der Waals surface area (Å²) in [6.45, 7) is 3.56. The maximum Gasteiger partial charge on any atom is 0.241 e. The van der Waals surface area contributed by atoms with Crippen molar-refractivity contribution in [3.8, 4) is 0 Å². The number of fused-ring (bicyclic) bond motifs is 2. The molecule has 5 rings (SSSR count). The van der Waals surface area contributed by atoms with Crippen LogP contribution in [-0.4, -0.2) is 68.3 Å². The van der Waals surface area contributed by atoms with E-state index in [1.165, 1.54) is 24.3 Å². The highest BCUT2D eigenvalue weighted by molar-refractivity contribution is 7.89. The number of nitrogens with one attached hydrogen (secondary N) is 2. The number of hydrogen-bond donors (Lipinski definition) is 3.